The fraction of sp³-hybridized carbons (Fsp3) is 0.444. The Kier molecular flexibility index (Phi) is 3.98. The quantitative estimate of drug-likeness (QED) is 0.823. The summed E-state index contributed by atoms with van der Waals surface area (Å²) in [6.45, 7) is 7.57. The van der Waals surface area contributed by atoms with E-state index in [-0.39, 0.29) is 5.60 Å². The molecule has 1 N–H and O–H groups in total. The molecule has 3 rings (SSSR count). The minimum atomic E-state index is -0.149. The summed E-state index contributed by atoms with van der Waals surface area (Å²) >= 11 is 3.76. The maximum atomic E-state index is 6.28. The Morgan fingerprint density at radius 1 is 1.33 bits per heavy atom. The van der Waals surface area contributed by atoms with Gasteiger partial charge in [-0.1, -0.05) is 31.2 Å². The monoisotopic (exact) mass is 347 g/mol. The van der Waals surface area contributed by atoms with Crippen LogP contribution < -0.4 is 10.1 Å². The highest BCUT2D eigenvalue weighted by molar-refractivity contribution is 9.10. The minimum absolute atomic E-state index is 0.149. The molecule has 21 heavy (non-hydrogen) atoms. The van der Waals surface area contributed by atoms with Gasteiger partial charge in [0.1, 0.15) is 11.4 Å². The van der Waals surface area contributed by atoms with Crippen LogP contribution in [-0.4, -0.2) is 12.1 Å². The van der Waals surface area contributed by atoms with Crippen molar-refractivity contribution in [2.75, 3.05) is 6.54 Å². The molecule has 0 amide bonds. The maximum Gasteiger partial charge on any atom is 0.139 e. The summed E-state index contributed by atoms with van der Waals surface area (Å²) in [5, 5.41) is 6.14. The molecule has 0 saturated heterocycles. The lowest BCUT2D eigenvalue weighted by molar-refractivity contribution is 0.0654. The van der Waals surface area contributed by atoms with Gasteiger partial charge in [-0.25, -0.2) is 0 Å². The standard InChI is InChI=1S/C18H22BrNO/c1-4-9-20-15-11-18(2,3)21-17-14(15)10-12-7-5-6-8-13(12)16(17)19/h5-8,10,15,20H,4,9,11H2,1-3H3. The van der Waals surface area contributed by atoms with Crippen LogP contribution in [0.3, 0.4) is 0 Å². The van der Waals surface area contributed by atoms with E-state index in [9.17, 15) is 0 Å². The van der Waals surface area contributed by atoms with E-state index in [0.29, 0.717) is 6.04 Å². The average Bonchev–Trinajstić information content (AvgIpc) is 2.46. The van der Waals surface area contributed by atoms with E-state index in [1.807, 2.05) is 0 Å². The second-order valence-electron chi connectivity index (χ2n) is 6.40. The molecule has 0 saturated carbocycles. The number of benzene rings is 2. The van der Waals surface area contributed by atoms with Gasteiger partial charge in [-0.2, -0.15) is 0 Å². The van der Waals surface area contributed by atoms with Crippen molar-refractivity contribution in [1.29, 1.82) is 0 Å². The average molecular weight is 348 g/mol. The first-order valence-electron chi connectivity index (χ1n) is 7.65. The zero-order chi connectivity index (χ0) is 15.0. The molecule has 0 aliphatic carbocycles. The molecule has 1 aliphatic heterocycles. The lowest BCUT2D eigenvalue weighted by Crippen LogP contribution is -2.39. The zero-order valence-electron chi connectivity index (χ0n) is 12.9. The third kappa shape index (κ3) is 2.82. The molecule has 1 heterocycles. The molecule has 112 valence electrons. The van der Waals surface area contributed by atoms with Crippen LogP contribution >= 0.6 is 15.9 Å². The highest BCUT2D eigenvalue weighted by Gasteiger charge is 2.35. The molecule has 2 nitrogen and oxygen atoms in total. The van der Waals surface area contributed by atoms with Gasteiger partial charge in [0.25, 0.3) is 0 Å². The second kappa shape index (κ2) is 5.62. The van der Waals surface area contributed by atoms with Gasteiger partial charge in [-0.15, -0.1) is 0 Å². The van der Waals surface area contributed by atoms with Crippen LogP contribution in [0.15, 0.2) is 34.8 Å². The van der Waals surface area contributed by atoms with Crippen molar-refractivity contribution in [2.45, 2.75) is 45.3 Å². The van der Waals surface area contributed by atoms with Crippen molar-refractivity contribution >= 4 is 26.7 Å². The Hall–Kier alpha value is -1.06. The Labute approximate surface area is 135 Å². The van der Waals surface area contributed by atoms with Crippen molar-refractivity contribution < 1.29 is 4.74 Å². The topological polar surface area (TPSA) is 21.3 Å². The van der Waals surface area contributed by atoms with E-state index in [4.69, 9.17) is 4.74 Å². The lowest BCUT2D eigenvalue weighted by atomic mass is 9.88. The van der Waals surface area contributed by atoms with Crippen LogP contribution in [-0.2, 0) is 0 Å². The first-order chi connectivity index (χ1) is 10.0. The smallest absolute Gasteiger partial charge is 0.139 e. The number of hydrogen-bond acceptors (Lipinski definition) is 2. The van der Waals surface area contributed by atoms with Gasteiger partial charge in [0, 0.05) is 18.0 Å². The molecule has 1 atom stereocenters. The minimum Gasteiger partial charge on any atom is -0.486 e. The van der Waals surface area contributed by atoms with Crippen LogP contribution in [0.5, 0.6) is 5.75 Å². The van der Waals surface area contributed by atoms with Gasteiger partial charge in [0.15, 0.2) is 0 Å². The molecule has 0 radical (unpaired) electrons. The lowest BCUT2D eigenvalue weighted by Gasteiger charge is -2.39. The van der Waals surface area contributed by atoms with Crippen molar-refractivity contribution in [2.24, 2.45) is 0 Å². The van der Waals surface area contributed by atoms with Crippen LogP contribution in [0, 0.1) is 0 Å². The van der Waals surface area contributed by atoms with Crippen molar-refractivity contribution in [1.82, 2.24) is 5.32 Å². The first-order valence-corrected chi connectivity index (χ1v) is 8.44. The van der Waals surface area contributed by atoms with E-state index in [2.05, 4.69) is 72.3 Å². The SMILES string of the molecule is CCCNC1CC(C)(C)Oc2c1cc1ccccc1c2Br. The molecule has 2 aromatic carbocycles. The van der Waals surface area contributed by atoms with E-state index < -0.39 is 0 Å². The highest BCUT2D eigenvalue weighted by Crippen LogP contribution is 2.46. The second-order valence-corrected chi connectivity index (χ2v) is 7.20. The van der Waals surface area contributed by atoms with Crippen molar-refractivity contribution in [3.8, 4) is 5.75 Å². The van der Waals surface area contributed by atoms with Gasteiger partial charge in [-0.05, 0) is 59.6 Å². The molecular weight excluding hydrogens is 326 g/mol. The number of nitrogens with one attached hydrogen (secondary N) is 1. The summed E-state index contributed by atoms with van der Waals surface area (Å²) in [7, 11) is 0. The predicted molar refractivity (Wildman–Crippen MR) is 92.0 cm³/mol. The molecular formula is C18H22BrNO. The fourth-order valence-corrected chi connectivity index (χ4v) is 3.76. The molecule has 1 unspecified atom stereocenters. The molecule has 1 aliphatic rings. The van der Waals surface area contributed by atoms with Gasteiger partial charge < -0.3 is 10.1 Å². The van der Waals surface area contributed by atoms with E-state index in [0.717, 1.165) is 29.6 Å². The van der Waals surface area contributed by atoms with Crippen LogP contribution in [0.25, 0.3) is 10.8 Å². The van der Waals surface area contributed by atoms with E-state index in [1.165, 1.54) is 16.3 Å². The summed E-state index contributed by atoms with van der Waals surface area (Å²) in [4.78, 5) is 0. The number of rotatable bonds is 3. The molecule has 0 fully saturated rings. The van der Waals surface area contributed by atoms with Crippen LogP contribution in [0.2, 0.25) is 0 Å². The number of ether oxygens (including phenoxy) is 1. The zero-order valence-corrected chi connectivity index (χ0v) is 14.5. The Bertz CT molecular complexity index is 666. The van der Waals surface area contributed by atoms with Crippen molar-refractivity contribution in [3.63, 3.8) is 0 Å². The maximum absolute atomic E-state index is 6.28. The highest BCUT2D eigenvalue weighted by atomic mass is 79.9. The summed E-state index contributed by atoms with van der Waals surface area (Å²) in [5.74, 6) is 0.999. The summed E-state index contributed by atoms with van der Waals surface area (Å²) in [5.41, 5.74) is 1.12. The molecule has 0 bridgehead atoms. The molecule has 0 aromatic heterocycles. The third-order valence-corrected chi connectivity index (χ3v) is 4.85. The molecule has 0 spiro atoms. The van der Waals surface area contributed by atoms with Gasteiger partial charge in [0.05, 0.1) is 4.47 Å². The van der Waals surface area contributed by atoms with Crippen LogP contribution in [0.4, 0.5) is 0 Å². The number of fused-ring (bicyclic) bond motifs is 2. The molecule has 2 aromatic rings. The van der Waals surface area contributed by atoms with E-state index >= 15 is 0 Å². The van der Waals surface area contributed by atoms with Gasteiger partial charge in [-0.3, -0.25) is 0 Å². The van der Waals surface area contributed by atoms with Crippen LogP contribution in [0.1, 0.15) is 45.2 Å². The first kappa shape index (κ1) is 14.9. The molecule has 3 heteroatoms. The Balaban J connectivity index is 2.15. The third-order valence-electron chi connectivity index (χ3n) is 4.06. The summed E-state index contributed by atoms with van der Waals surface area (Å²) in [6, 6.07) is 11.1. The predicted octanol–water partition coefficient (Wildman–Crippen LogP) is 5.20. The van der Waals surface area contributed by atoms with Gasteiger partial charge >= 0.3 is 0 Å². The van der Waals surface area contributed by atoms with Gasteiger partial charge in [0.2, 0.25) is 0 Å². The summed E-state index contributed by atoms with van der Waals surface area (Å²) in [6.07, 6.45) is 2.13. The largest absolute Gasteiger partial charge is 0.486 e. The fourth-order valence-electron chi connectivity index (χ4n) is 3.09. The Morgan fingerprint density at radius 3 is 2.86 bits per heavy atom. The van der Waals surface area contributed by atoms with Crippen molar-refractivity contribution in [3.05, 3.63) is 40.4 Å². The normalized spacial score (nSPS) is 20.1. The number of hydrogen-bond donors (Lipinski definition) is 1. The number of halogens is 1. The Morgan fingerprint density at radius 2 is 2.10 bits per heavy atom. The summed E-state index contributed by atoms with van der Waals surface area (Å²) < 4.78 is 7.36. The van der Waals surface area contributed by atoms with E-state index in [1.54, 1.807) is 0 Å².